The normalized spacial score (nSPS) is 17.3. The van der Waals surface area contributed by atoms with E-state index in [-0.39, 0.29) is 16.5 Å². The summed E-state index contributed by atoms with van der Waals surface area (Å²) in [5.74, 6) is -0.567. The molecule has 0 atom stereocenters. The monoisotopic (exact) mass is 322 g/mol. The number of sulfonamides is 1. The van der Waals surface area contributed by atoms with Gasteiger partial charge < -0.3 is 4.74 Å². The van der Waals surface area contributed by atoms with Crippen LogP contribution < -0.4 is 4.72 Å². The highest BCUT2D eigenvalue weighted by Gasteiger charge is 2.18. The number of hydrogen-bond acceptors (Lipinski definition) is 4. The third-order valence-corrected chi connectivity index (χ3v) is 4.95. The van der Waals surface area contributed by atoms with Gasteiger partial charge in [-0.1, -0.05) is 11.6 Å². The first-order valence-electron chi connectivity index (χ1n) is 6.24. The maximum absolute atomic E-state index is 12.9. The molecule has 0 unspecified atom stereocenters. The summed E-state index contributed by atoms with van der Waals surface area (Å²) in [7, 11) is -3.72. The summed E-state index contributed by atoms with van der Waals surface area (Å²) in [5.41, 5.74) is 0. The van der Waals surface area contributed by atoms with Crippen LogP contribution >= 0.6 is 11.6 Å². The molecular weight excluding hydrogens is 307 g/mol. The average molecular weight is 323 g/mol. The molecule has 0 saturated carbocycles. The van der Waals surface area contributed by atoms with Gasteiger partial charge in [-0.25, -0.2) is 17.5 Å². The van der Waals surface area contributed by atoms with E-state index in [4.69, 9.17) is 16.3 Å². The minimum atomic E-state index is -3.72. The Balaban J connectivity index is 1.93. The lowest BCUT2D eigenvalue weighted by Gasteiger charge is -2.26. The summed E-state index contributed by atoms with van der Waals surface area (Å²) in [6.07, 6.45) is 0. The summed E-state index contributed by atoms with van der Waals surface area (Å²) in [6.45, 7) is 3.78. The number of morpholine rings is 1. The third-order valence-electron chi connectivity index (χ3n) is 3.01. The van der Waals surface area contributed by atoms with Gasteiger partial charge in [-0.3, -0.25) is 4.90 Å². The van der Waals surface area contributed by atoms with E-state index in [1.54, 1.807) is 0 Å². The van der Waals surface area contributed by atoms with E-state index >= 15 is 0 Å². The zero-order valence-corrected chi connectivity index (χ0v) is 12.4. The molecule has 1 fully saturated rings. The van der Waals surface area contributed by atoms with Gasteiger partial charge in [-0.2, -0.15) is 0 Å². The molecule has 1 heterocycles. The summed E-state index contributed by atoms with van der Waals surface area (Å²) in [6, 6.07) is 3.22. The largest absolute Gasteiger partial charge is 0.379 e. The van der Waals surface area contributed by atoms with Crippen LogP contribution in [0.3, 0.4) is 0 Å². The Labute approximate surface area is 122 Å². The molecule has 112 valence electrons. The first kappa shape index (κ1) is 15.7. The topological polar surface area (TPSA) is 58.6 Å². The Morgan fingerprint density at radius 1 is 1.35 bits per heavy atom. The van der Waals surface area contributed by atoms with Crippen molar-refractivity contribution in [3.8, 4) is 0 Å². The van der Waals surface area contributed by atoms with Gasteiger partial charge in [0.1, 0.15) is 10.7 Å². The van der Waals surface area contributed by atoms with Gasteiger partial charge >= 0.3 is 0 Å². The summed E-state index contributed by atoms with van der Waals surface area (Å²) < 4.78 is 44.7. The molecule has 1 aromatic carbocycles. The standard InChI is InChI=1S/C12H16ClFN2O3S/c13-11-9-10(14)1-2-12(11)20(17,18)15-3-4-16-5-7-19-8-6-16/h1-2,9,15H,3-8H2. The zero-order chi connectivity index (χ0) is 14.6. The van der Waals surface area contributed by atoms with Crippen LogP contribution in [0.4, 0.5) is 4.39 Å². The van der Waals surface area contributed by atoms with Crippen molar-refractivity contribution < 1.29 is 17.5 Å². The minimum absolute atomic E-state index is 0.109. The highest BCUT2D eigenvalue weighted by atomic mass is 35.5. The molecule has 0 aliphatic carbocycles. The fourth-order valence-electron chi connectivity index (χ4n) is 1.93. The molecule has 1 aliphatic rings. The van der Waals surface area contributed by atoms with Gasteiger partial charge in [-0.15, -0.1) is 0 Å². The molecule has 0 amide bonds. The lowest BCUT2D eigenvalue weighted by molar-refractivity contribution is 0.0390. The number of hydrogen-bond donors (Lipinski definition) is 1. The maximum atomic E-state index is 12.9. The lowest BCUT2D eigenvalue weighted by Crippen LogP contribution is -2.41. The van der Waals surface area contributed by atoms with Crippen molar-refractivity contribution in [3.63, 3.8) is 0 Å². The quantitative estimate of drug-likeness (QED) is 0.881. The number of nitrogens with one attached hydrogen (secondary N) is 1. The number of halogens is 2. The predicted molar refractivity (Wildman–Crippen MR) is 73.9 cm³/mol. The Kier molecular flexibility index (Phi) is 5.34. The molecule has 1 N–H and O–H groups in total. The van der Waals surface area contributed by atoms with E-state index < -0.39 is 15.8 Å². The second-order valence-electron chi connectivity index (χ2n) is 4.43. The van der Waals surface area contributed by atoms with E-state index in [1.807, 2.05) is 0 Å². The van der Waals surface area contributed by atoms with E-state index in [2.05, 4.69) is 9.62 Å². The molecule has 20 heavy (non-hydrogen) atoms. The summed E-state index contributed by atoms with van der Waals surface area (Å²) in [4.78, 5) is 2.00. The first-order valence-corrected chi connectivity index (χ1v) is 8.10. The summed E-state index contributed by atoms with van der Waals surface area (Å²) in [5, 5.41) is -0.121. The van der Waals surface area contributed by atoms with Crippen molar-refractivity contribution >= 4 is 21.6 Å². The Hall–Kier alpha value is -0.730. The second-order valence-corrected chi connectivity index (χ2v) is 6.57. The van der Waals surface area contributed by atoms with Crippen LogP contribution in [0.15, 0.2) is 23.1 Å². The SMILES string of the molecule is O=S(=O)(NCCN1CCOCC1)c1ccc(F)cc1Cl. The van der Waals surface area contributed by atoms with E-state index in [9.17, 15) is 12.8 Å². The van der Waals surface area contributed by atoms with Gasteiger partial charge in [0.25, 0.3) is 0 Å². The number of ether oxygens (including phenoxy) is 1. The average Bonchev–Trinajstić information content (AvgIpc) is 2.39. The van der Waals surface area contributed by atoms with Crippen molar-refractivity contribution in [2.45, 2.75) is 4.90 Å². The fraction of sp³-hybridized carbons (Fsp3) is 0.500. The molecular formula is C12H16ClFN2O3S. The van der Waals surface area contributed by atoms with Gasteiger partial charge in [0.05, 0.1) is 18.2 Å². The van der Waals surface area contributed by atoms with Crippen LogP contribution in [0, 0.1) is 5.82 Å². The molecule has 0 spiro atoms. The van der Waals surface area contributed by atoms with Crippen molar-refractivity contribution in [3.05, 3.63) is 29.0 Å². The molecule has 5 nitrogen and oxygen atoms in total. The Bertz CT molecular complexity index is 562. The third kappa shape index (κ3) is 4.13. The van der Waals surface area contributed by atoms with Gasteiger partial charge in [0.2, 0.25) is 10.0 Å². The number of rotatable bonds is 5. The van der Waals surface area contributed by atoms with Crippen molar-refractivity contribution in [2.24, 2.45) is 0 Å². The van der Waals surface area contributed by atoms with E-state index in [0.29, 0.717) is 19.8 Å². The fourth-order valence-corrected chi connectivity index (χ4v) is 3.48. The van der Waals surface area contributed by atoms with Crippen LogP contribution in [-0.2, 0) is 14.8 Å². The predicted octanol–water partition coefficient (Wildman–Crippen LogP) is 1.09. The van der Waals surface area contributed by atoms with Crippen molar-refractivity contribution in [1.82, 2.24) is 9.62 Å². The summed E-state index contributed by atoms with van der Waals surface area (Å²) >= 11 is 5.76. The molecule has 1 aromatic rings. The second kappa shape index (κ2) is 6.82. The highest BCUT2D eigenvalue weighted by molar-refractivity contribution is 7.89. The Morgan fingerprint density at radius 2 is 2.05 bits per heavy atom. The smallest absolute Gasteiger partial charge is 0.242 e. The van der Waals surface area contributed by atoms with E-state index in [1.165, 1.54) is 0 Å². The van der Waals surface area contributed by atoms with Gasteiger partial charge in [-0.05, 0) is 18.2 Å². The van der Waals surface area contributed by atoms with Crippen LogP contribution in [0.1, 0.15) is 0 Å². The molecule has 2 rings (SSSR count). The molecule has 1 aliphatic heterocycles. The number of benzene rings is 1. The molecule has 0 radical (unpaired) electrons. The van der Waals surface area contributed by atoms with Gasteiger partial charge in [0, 0.05) is 26.2 Å². The van der Waals surface area contributed by atoms with Crippen LogP contribution in [0.2, 0.25) is 5.02 Å². The van der Waals surface area contributed by atoms with Gasteiger partial charge in [0.15, 0.2) is 0 Å². The first-order chi connectivity index (χ1) is 9.49. The van der Waals surface area contributed by atoms with Crippen molar-refractivity contribution in [2.75, 3.05) is 39.4 Å². The highest BCUT2D eigenvalue weighted by Crippen LogP contribution is 2.21. The molecule has 8 heteroatoms. The molecule has 1 saturated heterocycles. The molecule has 0 aromatic heterocycles. The lowest BCUT2D eigenvalue weighted by atomic mass is 10.3. The van der Waals surface area contributed by atoms with Crippen LogP contribution in [0.25, 0.3) is 0 Å². The molecule has 0 bridgehead atoms. The number of nitrogens with zero attached hydrogens (tertiary/aromatic N) is 1. The maximum Gasteiger partial charge on any atom is 0.242 e. The van der Waals surface area contributed by atoms with Crippen LogP contribution in [0.5, 0.6) is 0 Å². The van der Waals surface area contributed by atoms with Crippen molar-refractivity contribution in [1.29, 1.82) is 0 Å². The van der Waals surface area contributed by atoms with Crippen LogP contribution in [-0.4, -0.2) is 52.7 Å². The minimum Gasteiger partial charge on any atom is -0.379 e. The Morgan fingerprint density at radius 3 is 2.70 bits per heavy atom. The van der Waals surface area contributed by atoms with E-state index in [0.717, 1.165) is 31.3 Å². The zero-order valence-electron chi connectivity index (χ0n) is 10.8.